The van der Waals surface area contributed by atoms with E-state index in [1.54, 1.807) is 0 Å². The third-order valence-electron chi connectivity index (χ3n) is 2.72. The van der Waals surface area contributed by atoms with Crippen LogP contribution in [0.15, 0.2) is 12.2 Å². The molecule has 1 saturated heterocycles. The van der Waals surface area contributed by atoms with Crippen molar-refractivity contribution < 1.29 is 9.53 Å². The van der Waals surface area contributed by atoms with E-state index >= 15 is 0 Å². The van der Waals surface area contributed by atoms with E-state index in [9.17, 15) is 4.79 Å². The van der Waals surface area contributed by atoms with Crippen LogP contribution in [-0.2, 0) is 9.53 Å². The molecule has 1 rings (SSSR count). The van der Waals surface area contributed by atoms with Crippen LogP contribution in [0, 0.1) is 0 Å². The van der Waals surface area contributed by atoms with Gasteiger partial charge in [0.25, 0.3) is 0 Å². The third kappa shape index (κ3) is 2.41. The predicted molar refractivity (Wildman–Crippen MR) is 52.6 cm³/mol. The van der Waals surface area contributed by atoms with Crippen molar-refractivity contribution in [3.63, 3.8) is 0 Å². The lowest BCUT2D eigenvalue weighted by molar-refractivity contribution is -0.136. The van der Waals surface area contributed by atoms with Gasteiger partial charge in [0.1, 0.15) is 5.60 Å². The van der Waals surface area contributed by atoms with Crippen LogP contribution >= 0.6 is 0 Å². The van der Waals surface area contributed by atoms with Gasteiger partial charge in [0.05, 0.1) is 0 Å². The summed E-state index contributed by atoms with van der Waals surface area (Å²) < 4.78 is 5.46. The molecular formula is C11H18O2. The Labute approximate surface area is 80.0 Å². The molecule has 0 spiro atoms. The Morgan fingerprint density at radius 2 is 2.31 bits per heavy atom. The first kappa shape index (κ1) is 10.5. The van der Waals surface area contributed by atoms with Crippen LogP contribution in [0.2, 0.25) is 0 Å². The zero-order chi connectivity index (χ0) is 9.90. The van der Waals surface area contributed by atoms with Gasteiger partial charge in [0, 0.05) is 13.0 Å². The molecule has 0 aromatic carbocycles. The summed E-state index contributed by atoms with van der Waals surface area (Å²) in [6, 6.07) is 0. The number of carbonyl (C=O) groups excluding carboxylic acids is 1. The molecule has 74 valence electrons. The summed E-state index contributed by atoms with van der Waals surface area (Å²) >= 11 is 0. The normalized spacial score (nSPS) is 27.5. The molecule has 0 saturated carbocycles. The SMILES string of the molecule is C=C(CC)CC(=O)C1(C)CCCO1. The summed E-state index contributed by atoms with van der Waals surface area (Å²) in [5.74, 6) is 0.192. The van der Waals surface area contributed by atoms with Crippen LogP contribution in [0.5, 0.6) is 0 Å². The van der Waals surface area contributed by atoms with E-state index in [-0.39, 0.29) is 5.78 Å². The summed E-state index contributed by atoms with van der Waals surface area (Å²) in [7, 11) is 0. The number of hydrogen-bond acceptors (Lipinski definition) is 2. The molecule has 1 atom stereocenters. The fraction of sp³-hybridized carbons (Fsp3) is 0.727. The van der Waals surface area contributed by atoms with Crippen molar-refractivity contribution in [1.29, 1.82) is 0 Å². The molecule has 0 aromatic rings. The van der Waals surface area contributed by atoms with E-state index in [0.29, 0.717) is 6.42 Å². The summed E-state index contributed by atoms with van der Waals surface area (Å²) in [5.41, 5.74) is 0.486. The molecule has 2 nitrogen and oxygen atoms in total. The fourth-order valence-electron chi connectivity index (χ4n) is 1.54. The number of hydrogen-bond donors (Lipinski definition) is 0. The lowest BCUT2D eigenvalue weighted by atomic mass is 9.92. The van der Waals surface area contributed by atoms with Gasteiger partial charge in [0.2, 0.25) is 0 Å². The smallest absolute Gasteiger partial charge is 0.168 e. The van der Waals surface area contributed by atoms with Crippen LogP contribution in [0.3, 0.4) is 0 Å². The van der Waals surface area contributed by atoms with Crippen molar-refractivity contribution in [1.82, 2.24) is 0 Å². The standard InChI is InChI=1S/C11H18O2/c1-4-9(2)8-10(12)11(3)6-5-7-13-11/h2,4-8H2,1,3H3. The van der Waals surface area contributed by atoms with Gasteiger partial charge >= 0.3 is 0 Å². The van der Waals surface area contributed by atoms with Crippen LogP contribution < -0.4 is 0 Å². The first-order valence-corrected chi connectivity index (χ1v) is 4.92. The Balaban J connectivity index is 2.51. The van der Waals surface area contributed by atoms with Crippen molar-refractivity contribution in [2.75, 3.05) is 6.61 Å². The van der Waals surface area contributed by atoms with Gasteiger partial charge in [-0.05, 0) is 26.2 Å². The van der Waals surface area contributed by atoms with Crippen molar-refractivity contribution >= 4 is 5.78 Å². The summed E-state index contributed by atoms with van der Waals surface area (Å²) in [6.45, 7) is 8.48. The highest BCUT2D eigenvalue weighted by molar-refractivity contribution is 5.88. The average Bonchev–Trinajstić information content (AvgIpc) is 2.53. The van der Waals surface area contributed by atoms with Crippen LogP contribution in [0.1, 0.15) is 39.5 Å². The molecule has 1 fully saturated rings. The maximum Gasteiger partial charge on any atom is 0.168 e. The molecule has 1 aliphatic rings. The van der Waals surface area contributed by atoms with Gasteiger partial charge in [-0.25, -0.2) is 0 Å². The molecule has 1 aliphatic heterocycles. The molecule has 13 heavy (non-hydrogen) atoms. The van der Waals surface area contributed by atoms with Gasteiger partial charge in [0.15, 0.2) is 5.78 Å². The molecule has 2 heteroatoms. The predicted octanol–water partition coefficient (Wildman–Crippen LogP) is 2.48. The topological polar surface area (TPSA) is 26.3 Å². The van der Waals surface area contributed by atoms with Crippen LogP contribution in [0.25, 0.3) is 0 Å². The number of Topliss-reactive ketones (excluding diaryl/α,β-unsaturated/α-hetero) is 1. The molecular weight excluding hydrogens is 164 g/mol. The second kappa shape index (κ2) is 4.05. The number of ketones is 1. The maximum atomic E-state index is 11.8. The average molecular weight is 182 g/mol. The fourth-order valence-corrected chi connectivity index (χ4v) is 1.54. The lowest BCUT2D eigenvalue weighted by Crippen LogP contribution is -2.34. The molecule has 0 radical (unpaired) electrons. The van der Waals surface area contributed by atoms with Gasteiger partial charge in [-0.15, -0.1) is 0 Å². The molecule has 0 aromatic heterocycles. The Kier molecular flexibility index (Phi) is 3.26. The Hall–Kier alpha value is -0.630. The van der Waals surface area contributed by atoms with E-state index in [4.69, 9.17) is 4.74 Å². The molecule has 0 bridgehead atoms. The quantitative estimate of drug-likeness (QED) is 0.624. The first-order chi connectivity index (χ1) is 6.08. The minimum Gasteiger partial charge on any atom is -0.367 e. The third-order valence-corrected chi connectivity index (χ3v) is 2.72. The first-order valence-electron chi connectivity index (χ1n) is 4.92. The number of rotatable bonds is 4. The Morgan fingerprint density at radius 1 is 1.62 bits per heavy atom. The van der Waals surface area contributed by atoms with E-state index < -0.39 is 5.60 Å². The molecule has 0 N–H and O–H groups in total. The van der Waals surface area contributed by atoms with E-state index in [0.717, 1.165) is 31.4 Å². The minimum atomic E-state index is -0.516. The molecule has 0 aliphatic carbocycles. The number of allylic oxidation sites excluding steroid dienone is 1. The number of carbonyl (C=O) groups is 1. The van der Waals surface area contributed by atoms with Crippen molar-refractivity contribution in [3.05, 3.63) is 12.2 Å². The van der Waals surface area contributed by atoms with Crippen molar-refractivity contribution in [2.45, 2.75) is 45.1 Å². The Bertz CT molecular complexity index is 212. The highest BCUT2D eigenvalue weighted by Gasteiger charge is 2.36. The van der Waals surface area contributed by atoms with Gasteiger partial charge < -0.3 is 4.74 Å². The molecule has 1 heterocycles. The van der Waals surface area contributed by atoms with Gasteiger partial charge in [-0.1, -0.05) is 19.1 Å². The van der Waals surface area contributed by atoms with Crippen LogP contribution in [0.4, 0.5) is 0 Å². The van der Waals surface area contributed by atoms with Crippen LogP contribution in [-0.4, -0.2) is 18.0 Å². The zero-order valence-corrected chi connectivity index (χ0v) is 8.56. The zero-order valence-electron chi connectivity index (χ0n) is 8.56. The minimum absolute atomic E-state index is 0.192. The summed E-state index contributed by atoms with van der Waals surface area (Å²) in [5, 5.41) is 0. The van der Waals surface area contributed by atoms with E-state index in [1.807, 2.05) is 13.8 Å². The molecule has 1 unspecified atom stereocenters. The number of ether oxygens (including phenoxy) is 1. The second-order valence-corrected chi connectivity index (χ2v) is 3.89. The van der Waals surface area contributed by atoms with E-state index in [1.165, 1.54) is 0 Å². The lowest BCUT2D eigenvalue weighted by Gasteiger charge is -2.21. The van der Waals surface area contributed by atoms with E-state index in [2.05, 4.69) is 6.58 Å². The summed E-state index contributed by atoms with van der Waals surface area (Å²) in [6.07, 6.45) is 3.22. The highest BCUT2D eigenvalue weighted by Crippen LogP contribution is 2.28. The van der Waals surface area contributed by atoms with Crippen molar-refractivity contribution in [2.24, 2.45) is 0 Å². The largest absolute Gasteiger partial charge is 0.367 e. The Morgan fingerprint density at radius 3 is 2.77 bits per heavy atom. The van der Waals surface area contributed by atoms with Crippen molar-refractivity contribution in [3.8, 4) is 0 Å². The highest BCUT2D eigenvalue weighted by atomic mass is 16.5. The van der Waals surface area contributed by atoms with Gasteiger partial charge in [-0.2, -0.15) is 0 Å². The van der Waals surface area contributed by atoms with Gasteiger partial charge in [-0.3, -0.25) is 4.79 Å². The monoisotopic (exact) mass is 182 g/mol. The maximum absolute atomic E-state index is 11.8. The molecule has 0 amide bonds. The second-order valence-electron chi connectivity index (χ2n) is 3.89. The summed E-state index contributed by atoms with van der Waals surface area (Å²) in [4.78, 5) is 11.8.